The van der Waals surface area contributed by atoms with Crippen molar-refractivity contribution >= 4 is 17.7 Å². The van der Waals surface area contributed by atoms with Crippen LogP contribution in [0.2, 0.25) is 0 Å². The molecule has 12 heteroatoms. The number of hydrogen-bond donors (Lipinski definition) is 2. The lowest BCUT2D eigenvalue weighted by Crippen LogP contribution is -2.45. The zero-order chi connectivity index (χ0) is 21.8. The molecule has 31 heavy (non-hydrogen) atoms. The van der Waals surface area contributed by atoms with E-state index in [1.807, 2.05) is 0 Å². The maximum absolute atomic E-state index is 13.3. The standard InChI is InChI=1S/C19H18F3N7O2/c20-19(21,22)14-4-1-7-24-16(14)29-10-2-3-13(11-29)17(30)26-27-18-25-15(28-31-18)12-5-8-23-9-6-12/h1,4-9,13H,2-3,10-11H2,(H,26,30)(H,25,27,28). The summed E-state index contributed by atoms with van der Waals surface area (Å²) < 4.78 is 45.0. The number of aromatic nitrogens is 4. The summed E-state index contributed by atoms with van der Waals surface area (Å²) in [5.74, 6) is -0.776. The van der Waals surface area contributed by atoms with Crippen molar-refractivity contribution < 1.29 is 22.5 Å². The van der Waals surface area contributed by atoms with Crippen molar-refractivity contribution in [2.24, 2.45) is 5.92 Å². The number of anilines is 2. The van der Waals surface area contributed by atoms with Crippen molar-refractivity contribution in [3.8, 4) is 11.4 Å². The van der Waals surface area contributed by atoms with Crippen LogP contribution in [0.3, 0.4) is 0 Å². The van der Waals surface area contributed by atoms with E-state index in [0.717, 1.165) is 6.07 Å². The Kier molecular flexibility index (Phi) is 5.69. The predicted molar refractivity (Wildman–Crippen MR) is 103 cm³/mol. The lowest BCUT2D eigenvalue weighted by atomic mass is 9.97. The summed E-state index contributed by atoms with van der Waals surface area (Å²) in [5.41, 5.74) is 4.91. The molecule has 0 saturated carbocycles. The second-order valence-electron chi connectivity index (χ2n) is 6.93. The first-order chi connectivity index (χ1) is 14.9. The number of nitrogens with zero attached hydrogens (tertiary/aromatic N) is 5. The number of nitrogens with one attached hydrogen (secondary N) is 2. The number of hydrogen-bond acceptors (Lipinski definition) is 8. The molecule has 1 fully saturated rings. The number of amides is 1. The summed E-state index contributed by atoms with van der Waals surface area (Å²) in [6.07, 6.45) is 1.04. The number of piperidine rings is 1. The first kappa shape index (κ1) is 20.6. The lowest BCUT2D eigenvalue weighted by molar-refractivity contribution is -0.137. The van der Waals surface area contributed by atoms with Gasteiger partial charge in [0.2, 0.25) is 11.7 Å². The van der Waals surface area contributed by atoms with Crippen LogP contribution in [0.4, 0.5) is 25.0 Å². The van der Waals surface area contributed by atoms with Gasteiger partial charge in [-0.1, -0.05) is 5.16 Å². The van der Waals surface area contributed by atoms with Gasteiger partial charge in [0, 0.05) is 37.2 Å². The number of pyridine rings is 2. The van der Waals surface area contributed by atoms with Gasteiger partial charge in [0.05, 0.1) is 11.5 Å². The molecule has 0 aromatic carbocycles. The fourth-order valence-electron chi connectivity index (χ4n) is 3.36. The number of carbonyl (C=O) groups is 1. The summed E-state index contributed by atoms with van der Waals surface area (Å²) in [7, 11) is 0. The van der Waals surface area contributed by atoms with Crippen LogP contribution in [0.1, 0.15) is 18.4 Å². The molecular weight excluding hydrogens is 415 g/mol. The molecule has 1 aliphatic rings. The summed E-state index contributed by atoms with van der Waals surface area (Å²) in [5, 5.41) is 3.81. The second kappa shape index (κ2) is 8.58. The third-order valence-electron chi connectivity index (χ3n) is 4.84. The van der Waals surface area contributed by atoms with Crippen LogP contribution < -0.4 is 15.8 Å². The summed E-state index contributed by atoms with van der Waals surface area (Å²) in [4.78, 5) is 26.0. The number of halogens is 3. The first-order valence-corrected chi connectivity index (χ1v) is 9.49. The molecule has 3 aromatic rings. The zero-order valence-corrected chi connectivity index (χ0v) is 16.1. The Balaban J connectivity index is 1.38. The molecule has 2 N–H and O–H groups in total. The van der Waals surface area contributed by atoms with Crippen LogP contribution in [0.15, 0.2) is 47.4 Å². The molecule has 1 unspecified atom stereocenters. The summed E-state index contributed by atoms with van der Waals surface area (Å²) >= 11 is 0. The highest BCUT2D eigenvalue weighted by molar-refractivity contribution is 5.80. The van der Waals surface area contributed by atoms with Gasteiger partial charge < -0.3 is 9.42 Å². The molecule has 4 heterocycles. The molecule has 1 saturated heterocycles. The molecule has 1 atom stereocenters. The molecule has 3 aromatic heterocycles. The van der Waals surface area contributed by atoms with Crippen LogP contribution in [0, 0.1) is 5.92 Å². The van der Waals surface area contributed by atoms with Crippen molar-refractivity contribution in [1.82, 2.24) is 25.5 Å². The smallest absolute Gasteiger partial charge is 0.355 e. The number of rotatable bonds is 5. The Morgan fingerprint density at radius 1 is 1.19 bits per heavy atom. The third kappa shape index (κ3) is 4.73. The van der Waals surface area contributed by atoms with Gasteiger partial charge in [0.1, 0.15) is 5.82 Å². The van der Waals surface area contributed by atoms with Crippen LogP contribution in [-0.2, 0) is 11.0 Å². The van der Waals surface area contributed by atoms with Gasteiger partial charge >= 0.3 is 12.2 Å². The molecule has 0 bridgehead atoms. The first-order valence-electron chi connectivity index (χ1n) is 9.49. The van der Waals surface area contributed by atoms with E-state index in [2.05, 4.69) is 31.0 Å². The minimum atomic E-state index is -4.52. The molecule has 9 nitrogen and oxygen atoms in total. The van der Waals surface area contributed by atoms with Crippen molar-refractivity contribution in [2.45, 2.75) is 19.0 Å². The predicted octanol–water partition coefficient (Wildman–Crippen LogP) is 2.91. The Hall–Kier alpha value is -3.70. The Labute approximate surface area is 174 Å². The van der Waals surface area contributed by atoms with Gasteiger partial charge in [0.15, 0.2) is 0 Å². The van der Waals surface area contributed by atoms with E-state index in [1.54, 1.807) is 24.5 Å². The Morgan fingerprint density at radius 2 is 2.00 bits per heavy atom. The highest BCUT2D eigenvalue weighted by atomic mass is 19.4. The largest absolute Gasteiger partial charge is 0.419 e. The van der Waals surface area contributed by atoms with Crippen molar-refractivity contribution in [3.63, 3.8) is 0 Å². The summed E-state index contributed by atoms with van der Waals surface area (Å²) in [6.45, 7) is 0.496. The molecule has 1 aliphatic heterocycles. The second-order valence-corrected chi connectivity index (χ2v) is 6.93. The average molecular weight is 433 g/mol. The molecule has 0 radical (unpaired) electrons. The van der Waals surface area contributed by atoms with Crippen LogP contribution in [-0.4, -0.2) is 39.1 Å². The van der Waals surface area contributed by atoms with E-state index in [-0.39, 0.29) is 18.4 Å². The van der Waals surface area contributed by atoms with Gasteiger partial charge in [-0.3, -0.25) is 15.2 Å². The van der Waals surface area contributed by atoms with Gasteiger partial charge in [0.25, 0.3) is 0 Å². The van der Waals surface area contributed by atoms with Crippen molar-refractivity contribution in [2.75, 3.05) is 23.4 Å². The van der Waals surface area contributed by atoms with Gasteiger partial charge in [-0.15, -0.1) is 0 Å². The molecule has 4 rings (SSSR count). The van der Waals surface area contributed by atoms with Crippen LogP contribution in [0.25, 0.3) is 11.4 Å². The highest BCUT2D eigenvalue weighted by Crippen LogP contribution is 2.36. The SMILES string of the molecule is O=C(NNc1nc(-c2ccncc2)no1)C1CCCN(c2ncccc2C(F)(F)F)C1. The average Bonchev–Trinajstić information content (AvgIpc) is 3.27. The van der Waals surface area contributed by atoms with Gasteiger partial charge in [-0.25, -0.2) is 10.4 Å². The Bertz CT molecular complexity index is 1040. The van der Waals surface area contributed by atoms with Gasteiger partial charge in [-0.05, 0) is 37.1 Å². The maximum Gasteiger partial charge on any atom is 0.419 e. The fraction of sp³-hybridized carbons (Fsp3) is 0.316. The minimum absolute atomic E-state index is 0.0167. The lowest BCUT2D eigenvalue weighted by Gasteiger charge is -2.34. The van der Waals surface area contributed by atoms with E-state index in [4.69, 9.17) is 4.52 Å². The molecular formula is C19H18F3N7O2. The van der Waals surface area contributed by atoms with E-state index < -0.39 is 23.6 Å². The number of alkyl halides is 3. The molecule has 1 amide bonds. The zero-order valence-electron chi connectivity index (χ0n) is 16.1. The quantitative estimate of drug-likeness (QED) is 0.592. The molecule has 0 spiro atoms. The topological polar surface area (TPSA) is 109 Å². The number of carbonyl (C=O) groups excluding carboxylic acids is 1. The van der Waals surface area contributed by atoms with Crippen molar-refractivity contribution in [1.29, 1.82) is 0 Å². The van der Waals surface area contributed by atoms with Crippen LogP contribution in [0.5, 0.6) is 0 Å². The molecule has 162 valence electrons. The third-order valence-corrected chi connectivity index (χ3v) is 4.84. The normalized spacial score (nSPS) is 16.7. The minimum Gasteiger partial charge on any atom is -0.355 e. The van der Waals surface area contributed by atoms with Crippen molar-refractivity contribution in [3.05, 3.63) is 48.4 Å². The fourth-order valence-corrected chi connectivity index (χ4v) is 3.36. The van der Waals surface area contributed by atoms with E-state index >= 15 is 0 Å². The van der Waals surface area contributed by atoms with E-state index in [9.17, 15) is 18.0 Å². The van der Waals surface area contributed by atoms with E-state index in [0.29, 0.717) is 30.8 Å². The number of hydrazine groups is 1. The Morgan fingerprint density at radius 3 is 2.77 bits per heavy atom. The molecule has 0 aliphatic carbocycles. The van der Waals surface area contributed by atoms with E-state index in [1.165, 1.54) is 17.2 Å². The van der Waals surface area contributed by atoms with Crippen LogP contribution >= 0.6 is 0 Å². The summed E-state index contributed by atoms with van der Waals surface area (Å²) in [6, 6.07) is 5.63. The highest BCUT2D eigenvalue weighted by Gasteiger charge is 2.37. The van der Waals surface area contributed by atoms with Gasteiger partial charge in [-0.2, -0.15) is 18.2 Å². The maximum atomic E-state index is 13.3. The monoisotopic (exact) mass is 433 g/mol.